The largest absolute Gasteiger partial charge is 0.508 e. The second kappa shape index (κ2) is 4.09. The van der Waals surface area contributed by atoms with Crippen molar-refractivity contribution in [2.75, 3.05) is 6.61 Å². The van der Waals surface area contributed by atoms with Gasteiger partial charge in [-0.25, -0.2) is 0 Å². The molecule has 0 radical (unpaired) electrons. The Balaban J connectivity index is 2.29. The zero-order valence-corrected chi connectivity index (χ0v) is 12.8. The number of carbonyl (C=O) groups is 2. The van der Waals surface area contributed by atoms with E-state index in [2.05, 4.69) is 0 Å². The van der Waals surface area contributed by atoms with Crippen molar-refractivity contribution in [1.29, 1.82) is 0 Å². The SMILES string of the molecule is CCOC(=O)[C@@]12C[C@@](C)(C(C)=C1C)C1=C(O)C=CC(=O)[C@@H]12. The maximum absolute atomic E-state index is 12.7. The van der Waals surface area contributed by atoms with Gasteiger partial charge >= 0.3 is 5.97 Å². The van der Waals surface area contributed by atoms with E-state index in [0.29, 0.717) is 12.0 Å². The second-order valence-corrected chi connectivity index (χ2v) is 6.42. The van der Waals surface area contributed by atoms with Gasteiger partial charge in [-0.2, -0.15) is 0 Å². The standard InChI is InChI=1S/C17H20O4/c1-5-21-15(20)17-8-16(4,9(2)10(17)3)13-11(18)6-7-12(19)14(13)17/h6-7,14,18H,5,8H2,1-4H3/t14-,16-,17-/m0/s1. The molecule has 0 saturated heterocycles. The topological polar surface area (TPSA) is 63.6 Å². The molecule has 0 aromatic heterocycles. The van der Waals surface area contributed by atoms with Crippen molar-refractivity contribution in [2.24, 2.45) is 16.7 Å². The molecule has 3 rings (SSSR count). The smallest absolute Gasteiger partial charge is 0.317 e. The minimum absolute atomic E-state index is 0.119. The van der Waals surface area contributed by atoms with E-state index in [0.717, 1.165) is 11.1 Å². The third-order valence-corrected chi connectivity index (χ3v) is 5.67. The Morgan fingerprint density at radius 1 is 1.38 bits per heavy atom. The number of ketones is 1. The first kappa shape index (κ1) is 14.1. The van der Waals surface area contributed by atoms with E-state index in [1.165, 1.54) is 12.2 Å². The molecular weight excluding hydrogens is 268 g/mol. The number of esters is 1. The van der Waals surface area contributed by atoms with Crippen LogP contribution in [-0.4, -0.2) is 23.5 Å². The number of carbonyl (C=O) groups excluding carboxylic acids is 2. The summed E-state index contributed by atoms with van der Waals surface area (Å²) >= 11 is 0. The van der Waals surface area contributed by atoms with Crippen molar-refractivity contribution >= 4 is 11.8 Å². The summed E-state index contributed by atoms with van der Waals surface area (Å²) in [7, 11) is 0. The van der Waals surface area contributed by atoms with Crippen LogP contribution < -0.4 is 0 Å². The van der Waals surface area contributed by atoms with E-state index in [9.17, 15) is 14.7 Å². The van der Waals surface area contributed by atoms with Gasteiger partial charge in [-0.1, -0.05) is 18.1 Å². The van der Waals surface area contributed by atoms with Crippen molar-refractivity contribution in [3.05, 3.63) is 34.6 Å². The Labute approximate surface area is 124 Å². The fourth-order valence-corrected chi connectivity index (χ4v) is 4.52. The van der Waals surface area contributed by atoms with Crippen molar-refractivity contribution in [3.8, 4) is 0 Å². The van der Waals surface area contributed by atoms with Crippen LogP contribution in [0.15, 0.2) is 34.6 Å². The van der Waals surface area contributed by atoms with Crippen LogP contribution in [0.3, 0.4) is 0 Å². The Hall–Kier alpha value is -1.84. The van der Waals surface area contributed by atoms with Crippen molar-refractivity contribution in [1.82, 2.24) is 0 Å². The van der Waals surface area contributed by atoms with Crippen molar-refractivity contribution in [2.45, 2.75) is 34.1 Å². The minimum atomic E-state index is -0.944. The molecule has 2 bridgehead atoms. The minimum Gasteiger partial charge on any atom is -0.508 e. The van der Waals surface area contributed by atoms with Gasteiger partial charge in [0.05, 0.1) is 12.5 Å². The molecule has 0 aliphatic heterocycles. The molecule has 1 fully saturated rings. The second-order valence-electron chi connectivity index (χ2n) is 6.42. The van der Waals surface area contributed by atoms with E-state index in [4.69, 9.17) is 4.74 Å². The lowest BCUT2D eigenvalue weighted by Crippen LogP contribution is -2.42. The van der Waals surface area contributed by atoms with E-state index < -0.39 is 16.7 Å². The van der Waals surface area contributed by atoms with E-state index in [1.54, 1.807) is 6.92 Å². The average molecular weight is 288 g/mol. The lowest BCUT2D eigenvalue weighted by atomic mass is 9.64. The fourth-order valence-electron chi connectivity index (χ4n) is 4.52. The quantitative estimate of drug-likeness (QED) is 0.627. The lowest BCUT2D eigenvalue weighted by Gasteiger charge is -2.37. The molecule has 112 valence electrons. The number of aliphatic hydroxyl groups is 1. The maximum atomic E-state index is 12.7. The van der Waals surface area contributed by atoms with Crippen molar-refractivity contribution < 1.29 is 19.4 Å². The molecule has 4 heteroatoms. The van der Waals surface area contributed by atoms with Crippen LogP contribution in [0.5, 0.6) is 0 Å². The van der Waals surface area contributed by atoms with Gasteiger partial charge in [-0.05, 0) is 44.9 Å². The fraction of sp³-hybridized carbons (Fsp3) is 0.529. The molecule has 1 N–H and O–H groups in total. The molecular formula is C17H20O4. The summed E-state index contributed by atoms with van der Waals surface area (Å²) < 4.78 is 5.29. The molecule has 3 aliphatic rings. The molecule has 0 aromatic carbocycles. The Morgan fingerprint density at radius 3 is 2.67 bits per heavy atom. The number of aliphatic hydroxyl groups excluding tert-OH is 1. The number of hydrogen-bond acceptors (Lipinski definition) is 4. The molecule has 0 unspecified atom stereocenters. The average Bonchev–Trinajstić information content (AvgIpc) is 2.84. The highest BCUT2D eigenvalue weighted by Crippen LogP contribution is 2.70. The van der Waals surface area contributed by atoms with Crippen LogP contribution in [0, 0.1) is 16.7 Å². The van der Waals surface area contributed by atoms with Gasteiger partial charge in [0.25, 0.3) is 0 Å². The van der Waals surface area contributed by atoms with E-state index in [1.807, 2.05) is 20.8 Å². The predicted molar refractivity (Wildman–Crippen MR) is 77.5 cm³/mol. The van der Waals surface area contributed by atoms with Crippen LogP contribution in [-0.2, 0) is 14.3 Å². The summed E-state index contributed by atoms with van der Waals surface area (Å²) in [5, 5.41) is 10.3. The van der Waals surface area contributed by atoms with Gasteiger partial charge in [0.1, 0.15) is 11.2 Å². The highest BCUT2D eigenvalue weighted by molar-refractivity contribution is 6.03. The molecule has 1 saturated carbocycles. The Kier molecular flexibility index (Phi) is 2.75. The normalized spacial score (nSPS) is 37.3. The van der Waals surface area contributed by atoms with Crippen LogP contribution in [0.2, 0.25) is 0 Å². The zero-order chi connectivity index (χ0) is 15.6. The summed E-state index contributed by atoms with van der Waals surface area (Å²) in [6.45, 7) is 7.95. The van der Waals surface area contributed by atoms with Gasteiger partial charge in [0.15, 0.2) is 5.78 Å². The number of ether oxygens (including phenoxy) is 1. The van der Waals surface area contributed by atoms with Crippen LogP contribution in [0.1, 0.15) is 34.1 Å². The highest BCUT2D eigenvalue weighted by atomic mass is 16.5. The molecule has 0 aromatic rings. The van der Waals surface area contributed by atoms with Gasteiger partial charge in [-0.3, -0.25) is 9.59 Å². The van der Waals surface area contributed by atoms with Gasteiger partial charge in [0, 0.05) is 5.41 Å². The zero-order valence-electron chi connectivity index (χ0n) is 12.8. The molecule has 3 atom stereocenters. The van der Waals surface area contributed by atoms with Crippen LogP contribution in [0.25, 0.3) is 0 Å². The van der Waals surface area contributed by atoms with E-state index in [-0.39, 0.29) is 24.1 Å². The highest BCUT2D eigenvalue weighted by Gasteiger charge is 2.69. The predicted octanol–water partition coefficient (Wildman–Crippen LogP) is 2.86. The first-order valence-corrected chi connectivity index (χ1v) is 7.32. The van der Waals surface area contributed by atoms with Gasteiger partial charge in [-0.15, -0.1) is 0 Å². The molecule has 3 aliphatic carbocycles. The lowest BCUT2D eigenvalue weighted by molar-refractivity contribution is -0.156. The number of allylic oxidation sites excluding steroid dienone is 4. The molecule has 4 nitrogen and oxygen atoms in total. The first-order valence-electron chi connectivity index (χ1n) is 7.32. The summed E-state index contributed by atoms with van der Waals surface area (Å²) in [6, 6.07) is 0. The summed E-state index contributed by atoms with van der Waals surface area (Å²) in [5.41, 5.74) is 1.29. The van der Waals surface area contributed by atoms with Gasteiger partial charge in [0.2, 0.25) is 0 Å². The molecule has 0 spiro atoms. The summed E-state index contributed by atoms with van der Waals surface area (Å²) in [4.78, 5) is 25.2. The Bertz CT molecular complexity index is 652. The number of rotatable bonds is 2. The third kappa shape index (κ3) is 1.40. The maximum Gasteiger partial charge on any atom is 0.317 e. The van der Waals surface area contributed by atoms with Crippen LogP contribution >= 0.6 is 0 Å². The molecule has 21 heavy (non-hydrogen) atoms. The van der Waals surface area contributed by atoms with Crippen LogP contribution in [0.4, 0.5) is 0 Å². The van der Waals surface area contributed by atoms with Gasteiger partial charge < -0.3 is 9.84 Å². The summed E-state index contributed by atoms with van der Waals surface area (Å²) in [6.07, 6.45) is 3.33. The first-order chi connectivity index (χ1) is 9.80. The summed E-state index contributed by atoms with van der Waals surface area (Å²) in [5.74, 6) is -0.955. The molecule has 0 heterocycles. The third-order valence-electron chi connectivity index (χ3n) is 5.67. The number of hydrogen-bond donors (Lipinski definition) is 1. The number of fused-ring (bicyclic) bond motifs is 5. The van der Waals surface area contributed by atoms with E-state index >= 15 is 0 Å². The monoisotopic (exact) mass is 288 g/mol. The Morgan fingerprint density at radius 2 is 2.05 bits per heavy atom. The molecule has 0 amide bonds. The van der Waals surface area contributed by atoms with Crippen molar-refractivity contribution in [3.63, 3.8) is 0 Å².